The van der Waals surface area contributed by atoms with Crippen LogP contribution in [0.25, 0.3) is 0 Å². The van der Waals surface area contributed by atoms with Crippen molar-refractivity contribution in [2.24, 2.45) is 11.8 Å². The first-order valence-electron chi connectivity index (χ1n) is 14.2. The molecule has 3 aromatic rings. The van der Waals surface area contributed by atoms with Crippen molar-refractivity contribution >= 4 is 109 Å². The van der Waals surface area contributed by atoms with Crippen molar-refractivity contribution in [3.8, 4) is 5.75 Å². The summed E-state index contributed by atoms with van der Waals surface area (Å²) >= 11 is 39.5. The maximum Gasteiger partial charge on any atom is 0.339 e. The Bertz CT molecular complexity index is 2100. The number of nitro benzene ring substituents is 1. The van der Waals surface area contributed by atoms with Crippen molar-refractivity contribution in [1.29, 1.82) is 0 Å². The molecule has 4 atom stereocenters. The normalized spacial score (nSPS) is 25.1. The molecule has 3 aromatic carbocycles. The molecule has 0 aromatic heterocycles. The summed E-state index contributed by atoms with van der Waals surface area (Å²) in [6, 6.07) is 14.9. The van der Waals surface area contributed by atoms with Gasteiger partial charge in [-0.1, -0.05) is 64.1 Å². The van der Waals surface area contributed by atoms with Gasteiger partial charge in [0.15, 0.2) is 10.1 Å². The Balaban J connectivity index is 1.33. The molecule has 2 bridgehead atoms. The van der Waals surface area contributed by atoms with Crippen LogP contribution < -0.4 is 4.18 Å². The molecule has 12 nitrogen and oxygen atoms in total. The molecule has 6 rings (SSSR count). The summed E-state index contributed by atoms with van der Waals surface area (Å²) in [6.07, 6.45) is 0. The van der Waals surface area contributed by atoms with Crippen LogP contribution in [0.4, 0.5) is 5.69 Å². The number of Topliss-reactive ketones (excluding diaryl/α,β-unsaturated/α-hetero) is 1. The van der Waals surface area contributed by atoms with Gasteiger partial charge in [0, 0.05) is 23.3 Å². The second-order valence-electron chi connectivity index (χ2n) is 11.5. The smallest absolute Gasteiger partial charge is 0.339 e. The molecular formula is C31H19Cl6N3O9S. The second kappa shape index (κ2) is 12.4. The fourth-order valence-corrected chi connectivity index (χ4v) is 9.99. The predicted octanol–water partition coefficient (Wildman–Crippen LogP) is 6.36. The third-order valence-corrected chi connectivity index (χ3v) is 14.2. The van der Waals surface area contributed by atoms with E-state index in [0.717, 1.165) is 29.8 Å². The zero-order chi connectivity index (χ0) is 36.7. The Morgan fingerprint density at radius 1 is 0.840 bits per heavy atom. The number of fused-ring (bicyclic) bond motifs is 5. The minimum absolute atomic E-state index is 0.0816. The molecule has 1 saturated carbocycles. The summed E-state index contributed by atoms with van der Waals surface area (Å²) in [5.41, 5.74) is 0.148. The molecule has 0 spiro atoms. The molecule has 1 heterocycles. The number of amides is 3. The van der Waals surface area contributed by atoms with Gasteiger partial charge in [-0.05, 0) is 55.5 Å². The van der Waals surface area contributed by atoms with E-state index in [1.807, 2.05) is 0 Å². The van der Waals surface area contributed by atoms with E-state index in [-0.39, 0.29) is 37.5 Å². The number of hydrogen-bond donors (Lipinski definition) is 0. The number of non-ortho nitro benzene ring substituents is 1. The van der Waals surface area contributed by atoms with Gasteiger partial charge in [-0.25, -0.2) is 5.01 Å². The van der Waals surface area contributed by atoms with Crippen LogP contribution in [0, 0.1) is 28.9 Å². The van der Waals surface area contributed by atoms with Gasteiger partial charge < -0.3 is 4.18 Å². The summed E-state index contributed by atoms with van der Waals surface area (Å²) in [7, 11) is -4.22. The molecule has 1 saturated heterocycles. The van der Waals surface area contributed by atoms with Gasteiger partial charge in [-0.15, -0.1) is 23.2 Å². The van der Waals surface area contributed by atoms with Gasteiger partial charge in [0.1, 0.15) is 26.9 Å². The highest BCUT2D eigenvalue weighted by Gasteiger charge is 2.88. The molecule has 260 valence electrons. The highest BCUT2D eigenvalue weighted by atomic mass is 35.5. The van der Waals surface area contributed by atoms with E-state index in [1.165, 1.54) is 36.4 Å². The van der Waals surface area contributed by atoms with Crippen LogP contribution >= 0.6 is 69.6 Å². The van der Waals surface area contributed by atoms with Crippen LogP contribution in [0.3, 0.4) is 0 Å². The minimum Gasteiger partial charge on any atom is -0.379 e. The van der Waals surface area contributed by atoms with Crippen molar-refractivity contribution in [3.05, 3.63) is 110 Å². The summed E-state index contributed by atoms with van der Waals surface area (Å²) in [4.78, 5) is 61.7. The van der Waals surface area contributed by atoms with E-state index in [0.29, 0.717) is 10.0 Å². The monoisotopic (exact) mass is 819 g/mol. The molecule has 2 fully saturated rings. The molecule has 1 aliphatic heterocycles. The number of nitro groups is 1. The maximum atomic E-state index is 14.1. The molecule has 0 radical (unpaired) electrons. The quantitative estimate of drug-likeness (QED) is 0.0598. The lowest BCUT2D eigenvalue weighted by molar-refractivity contribution is -0.384. The molecule has 3 amide bonds. The number of aryl methyl sites for hydroxylation is 1. The molecule has 0 N–H and O–H groups in total. The molecule has 19 heteroatoms. The molecule has 3 aliphatic rings. The topological polar surface area (TPSA) is 161 Å². The fourth-order valence-electron chi connectivity index (χ4n) is 6.13. The lowest BCUT2D eigenvalue weighted by Crippen LogP contribution is -2.56. The van der Waals surface area contributed by atoms with Crippen molar-refractivity contribution < 1.29 is 36.7 Å². The Morgan fingerprint density at radius 2 is 1.32 bits per heavy atom. The van der Waals surface area contributed by atoms with Crippen LogP contribution in [0.5, 0.6) is 5.75 Å². The number of ketones is 1. The minimum atomic E-state index is -4.22. The average molecular weight is 822 g/mol. The number of alkyl halides is 4. The first-order valence-corrected chi connectivity index (χ1v) is 17.9. The van der Waals surface area contributed by atoms with E-state index in [9.17, 15) is 37.7 Å². The summed E-state index contributed by atoms with van der Waals surface area (Å²) in [5, 5.41) is 11.4. The zero-order valence-corrected chi connectivity index (χ0v) is 30.3. The highest BCUT2D eigenvalue weighted by molar-refractivity contribution is 7.87. The SMILES string of the molecule is Cc1ccc(S(=O)(=O)Oc2ccc(C(=O)CN(C(=O)c3ccc([N+](=O)[O-])cc3)N3C(=O)[C@@H]4[C@@H](C3=O)[C@@]3(Cl)C(Cl)=C(Cl)[C@@]4(Cl)C3(Cl)Cl)cc2)cc1. The zero-order valence-electron chi connectivity index (χ0n) is 25.0. The van der Waals surface area contributed by atoms with Crippen molar-refractivity contribution in [2.45, 2.75) is 25.9 Å². The van der Waals surface area contributed by atoms with E-state index in [2.05, 4.69) is 0 Å². The van der Waals surface area contributed by atoms with Gasteiger partial charge in [0.25, 0.3) is 23.4 Å². The first-order chi connectivity index (χ1) is 23.3. The Kier molecular flexibility index (Phi) is 8.99. The van der Waals surface area contributed by atoms with Gasteiger partial charge in [-0.2, -0.15) is 13.4 Å². The fraction of sp³-hybridized carbons (Fsp3) is 0.226. The predicted molar refractivity (Wildman–Crippen MR) is 183 cm³/mol. The van der Waals surface area contributed by atoms with Crippen molar-refractivity contribution in [3.63, 3.8) is 0 Å². The van der Waals surface area contributed by atoms with E-state index in [1.54, 1.807) is 19.1 Å². The van der Waals surface area contributed by atoms with Gasteiger partial charge >= 0.3 is 10.1 Å². The molecular weight excluding hydrogens is 803 g/mol. The Hall–Kier alpha value is -3.43. The summed E-state index contributed by atoms with van der Waals surface area (Å²) in [5.74, 6) is -7.57. The van der Waals surface area contributed by atoms with Crippen LogP contribution in [-0.4, -0.2) is 67.5 Å². The van der Waals surface area contributed by atoms with E-state index >= 15 is 0 Å². The highest BCUT2D eigenvalue weighted by Crippen LogP contribution is 2.77. The van der Waals surface area contributed by atoms with Gasteiger partial charge in [0.2, 0.25) is 0 Å². The number of allylic oxidation sites excluding steroid dienone is 2. The number of carbonyl (C=O) groups is 4. The average Bonchev–Trinajstić information content (AvgIpc) is 3.46. The van der Waals surface area contributed by atoms with Crippen LogP contribution in [0.2, 0.25) is 0 Å². The lowest BCUT2D eigenvalue weighted by Gasteiger charge is -2.36. The number of benzene rings is 3. The molecule has 0 unspecified atom stereocenters. The van der Waals surface area contributed by atoms with E-state index in [4.69, 9.17) is 73.8 Å². The molecule has 50 heavy (non-hydrogen) atoms. The number of imide groups is 1. The maximum absolute atomic E-state index is 14.1. The third-order valence-electron chi connectivity index (χ3n) is 8.67. The number of rotatable bonds is 9. The summed E-state index contributed by atoms with van der Waals surface area (Å²) in [6.45, 7) is 0.842. The Morgan fingerprint density at radius 3 is 1.80 bits per heavy atom. The standard InChI is InChI=1S/C31H19Cl6N3O9S/c1-15-2-12-20(13-3-15)50(47,48)49-19-10-6-16(7-11-19)21(41)14-38(26(42)17-4-8-18(9-5-17)40(45)46)39-27(43)22-23(28(39)44)30(35)25(33)24(32)29(22,34)31(30,36)37/h2-13,22-23H,14H2,1H3/t22-,23-,29+,30+/m0/s1. The van der Waals surface area contributed by atoms with Crippen LogP contribution in [0.1, 0.15) is 26.3 Å². The first kappa shape index (κ1) is 36.4. The largest absolute Gasteiger partial charge is 0.379 e. The van der Waals surface area contributed by atoms with Gasteiger partial charge in [-0.3, -0.25) is 29.3 Å². The van der Waals surface area contributed by atoms with Gasteiger partial charge in [0.05, 0.1) is 26.8 Å². The Labute approximate surface area is 313 Å². The van der Waals surface area contributed by atoms with Crippen LogP contribution in [-0.2, 0) is 19.7 Å². The van der Waals surface area contributed by atoms with E-state index < -0.39 is 71.0 Å². The van der Waals surface area contributed by atoms with Crippen molar-refractivity contribution in [1.82, 2.24) is 10.0 Å². The number of hydrogen-bond acceptors (Lipinski definition) is 9. The second-order valence-corrected chi connectivity index (χ2v) is 16.4. The number of carbonyl (C=O) groups excluding carboxylic acids is 4. The molecule has 2 aliphatic carbocycles. The third kappa shape index (κ3) is 5.20. The lowest BCUT2D eigenvalue weighted by atomic mass is 9.84. The van der Waals surface area contributed by atoms with Crippen LogP contribution in [0.15, 0.2) is 87.8 Å². The summed E-state index contributed by atoms with van der Waals surface area (Å²) < 4.78 is 28.4. The number of halogens is 6. The number of hydrazine groups is 1. The number of nitrogens with zero attached hydrogens (tertiary/aromatic N) is 3. The van der Waals surface area contributed by atoms with Crippen molar-refractivity contribution in [2.75, 3.05) is 6.54 Å².